The summed E-state index contributed by atoms with van der Waals surface area (Å²) in [4.78, 5) is 108. The first-order valence-electron chi connectivity index (χ1n) is 40.3. The third-order valence-electron chi connectivity index (χ3n) is 21.8. The van der Waals surface area contributed by atoms with Crippen molar-refractivity contribution in [3.63, 3.8) is 0 Å². The number of hydrogen-bond donors (Lipinski definition) is 9. The highest BCUT2D eigenvalue weighted by molar-refractivity contribution is 6.02. The molecule has 0 aromatic carbocycles. The summed E-state index contributed by atoms with van der Waals surface area (Å²) in [6.45, 7) is 0.577. The van der Waals surface area contributed by atoms with Gasteiger partial charge in [-0.1, -0.05) is 18.2 Å². The monoisotopic (exact) mass is 1700 g/mol. The predicted molar refractivity (Wildman–Crippen MR) is 480 cm³/mol. The number of likely N-dealkylation sites (tertiary alicyclic amines) is 1. The number of imidazole rings is 4. The smallest absolute Gasteiger partial charge is 0.261 e. The maximum Gasteiger partial charge on any atom is 0.261 e. The highest BCUT2D eigenvalue weighted by Gasteiger charge is 2.38. The number of anilines is 1. The molecule has 620 valence electrons. The summed E-state index contributed by atoms with van der Waals surface area (Å²) < 4.78 is 27.3. The van der Waals surface area contributed by atoms with E-state index in [0.29, 0.717) is 70.4 Å². The zero-order chi connectivity index (χ0) is 86.3. The van der Waals surface area contributed by atoms with Crippen LogP contribution in [-0.2, 0) is 6.54 Å². The van der Waals surface area contributed by atoms with Crippen molar-refractivity contribution in [1.29, 1.82) is 0 Å². The summed E-state index contributed by atoms with van der Waals surface area (Å²) >= 11 is 0. The Morgan fingerprint density at radius 2 is 0.705 bits per heavy atom. The molecule has 35 nitrogen and oxygen atoms in total. The molecule has 1 fully saturated rings. The lowest BCUT2D eigenvalue weighted by atomic mass is 10.1. The topological polar surface area (TPSA) is 478 Å². The first-order chi connectivity index (χ1) is 63.5. The average Bonchev–Trinajstić information content (AvgIpc) is 1.63. The minimum atomic E-state index is -2.62. The van der Waals surface area contributed by atoms with Crippen molar-refractivity contribution in [1.82, 2.24) is 170 Å². The van der Waals surface area contributed by atoms with Gasteiger partial charge in [-0.15, -0.1) is 0 Å². The van der Waals surface area contributed by atoms with E-state index in [2.05, 4.69) is 145 Å². The molecule has 0 spiro atoms. The number of nitrogens with zero attached hydrogens (tertiary/aromatic N) is 26. The van der Waals surface area contributed by atoms with Crippen molar-refractivity contribution < 1.29 is 8.78 Å². The fourth-order valence-electron chi connectivity index (χ4n) is 15.6. The van der Waals surface area contributed by atoms with Crippen LogP contribution in [-0.4, -0.2) is 189 Å². The zero-order valence-corrected chi connectivity index (χ0v) is 67.3. The van der Waals surface area contributed by atoms with Crippen LogP contribution in [0.1, 0.15) is 12.0 Å². The van der Waals surface area contributed by atoms with Gasteiger partial charge in [0.2, 0.25) is 0 Å². The molecule has 0 saturated carbocycles. The second-order valence-corrected chi connectivity index (χ2v) is 30.1. The number of aromatic nitrogens is 33. The van der Waals surface area contributed by atoms with Crippen molar-refractivity contribution >= 4 is 94.0 Å². The van der Waals surface area contributed by atoms with Gasteiger partial charge in [-0.2, -0.15) is 20.4 Å². The Labute approximate surface area is 724 Å². The van der Waals surface area contributed by atoms with Crippen LogP contribution < -0.4 is 5.73 Å². The van der Waals surface area contributed by atoms with Crippen LogP contribution in [0.25, 0.3) is 224 Å². The number of aromatic amines is 8. The van der Waals surface area contributed by atoms with Crippen LogP contribution in [0.3, 0.4) is 0 Å². The Kier molecular flexibility index (Phi) is 19.6. The van der Waals surface area contributed by atoms with E-state index >= 15 is 0 Å². The van der Waals surface area contributed by atoms with Crippen molar-refractivity contribution in [3.05, 3.63) is 282 Å². The van der Waals surface area contributed by atoms with Gasteiger partial charge >= 0.3 is 0 Å². The van der Waals surface area contributed by atoms with Crippen LogP contribution in [0.5, 0.6) is 0 Å². The standard InChI is InChI=1S/C27H21F2N9.C22H15N9.C22H14N8.C21H13N9/c28-27(29)3-6-38(15-27)14-16-7-18(10-31-9-16)19-8-20-24(36-37-25(20)33-11-19)26-34-22-13-32-12-21(23(22)35-26)17-1-4-30-5-2-17;23-14-5-12(7-24-9-14)13-6-15-20(30-31-21(15)27-8-13)22-28-18-11-25-10-16(19(18)29-22)17-3-1-2-4-26-17;1-2-7-25-17(5-1)16-11-24-12-18-19(16)28-22(27-18)20-15-8-14(10-26-21(15)30-29-20)13-4-3-6-23-9-13;1-3-22-4-2-12(1)16-9-23-10-17-18(16)28-21(27-17)19-15-5-13(8-26-20(15)30-29-19)14-6-24-11-25-7-14/h1-2,4-5,7-13H,3,6,14-15H2,(H,34,35)(H,33,36,37);1-11H,23H2,(H,28,29)(H,27,30,31);1-12H,(H,27,28)(H,26,29,30);1-11H,(H,27,28)(H,26,29,30). The van der Waals surface area contributed by atoms with Crippen LogP contribution in [0, 0.1) is 0 Å². The molecule has 129 heavy (non-hydrogen) atoms. The Morgan fingerprint density at radius 3 is 1.12 bits per heavy atom. The third kappa shape index (κ3) is 15.3. The number of fused-ring (bicyclic) bond motifs is 8. The Hall–Kier alpha value is -18.3. The van der Waals surface area contributed by atoms with Crippen LogP contribution >= 0.6 is 0 Å². The summed E-state index contributed by atoms with van der Waals surface area (Å²) in [5.74, 6) is -0.0236. The van der Waals surface area contributed by atoms with E-state index in [-0.39, 0.29) is 13.0 Å². The van der Waals surface area contributed by atoms with Gasteiger partial charge < -0.3 is 25.7 Å². The van der Waals surface area contributed by atoms with Gasteiger partial charge in [0.15, 0.2) is 45.9 Å². The lowest BCUT2D eigenvalue weighted by Crippen LogP contribution is -2.24. The average molecular weight is 1700 g/mol. The molecule has 0 aliphatic carbocycles. The number of H-pyrrole nitrogens is 8. The SMILES string of the molecule is FC1(F)CCN(Cc2cncc(-c3cnc4n[nH]c(-c5nc6c(-c7ccncc7)cncc6[nH]5)c4c3)c2)C1.Nc1cncc(-c2cnc3n[nH]c(-c4nc5c(-c6ccccn6)cncc5[nH]4)c3c2)c1.c1cc(-c2cncc3[nH]c(-c4[nH]nc5ncc(-c6cncnc6)cc45)nc23)ccn1.c1ccc(-c2cncc3[nH]c(-c4[nH]nc5ncc(-c6cccnc6)cc45)nc23)nc1. The first kappa shape index (κ1) is 76.8. The molecule has 10 N–H and O–H groups in total. The molecule has 0 amide bonds. The van der Waals surface area contributed by atoms with Crippen LogP contribution in [0.4, 0.5) is 14.5 Å². The van der Waals surface area contributed by atoms with Crippen LogP contribution in [0.15, 0.2) is 277 Å². The normalized spacial score (nSPS) is 12.6. The van der Waals surface area contributed by atoms with Gasteiger partial charge in [-0.05, 0) is 108 Å². The molecule has 24 aromatic rings. The van der Waals surface area contributed by atoms with Crippen molar-refractivity contribution in [3.8, 4) is 135 Å². The van der Waals surface area contributed by atoms with E-state index in [9.17, 15) is 8.78 Å². The molecule has 1 saturated heterocycles. The largest absolute Gasteiger partial charge is 0.397 e. The number of nitrogens with one attached hydrogen (secondary N) is 8. The van der Waals surface area contributed by atoms with E-state index in [1.807, 2.05) is 122 Å². The van der Waals surface area contributed by atoms with Gasteiger partial charge in [-0.25, -0.2) is 58.6 Å². The third-order valence-corrected chi connectivity index (χ3v) is 21.8. The highest BCUT2D eigenvalue weighted by atomic mass is 19.3. The number of hydrogen-bond acceptors (Lipinski definition) is 27. The molecule has 25 heterocycles. The summed E-state index contributed by atoms with van der Waals surface area (Å²) in [6, 6.07) is 35.0. The highest BCUT2D eigenvalue weighted by Crippen LogP contribution is 2.39. The Bertz CT molecular complexity index is 8000. The number of halogens is 2. The lowest BCUT2D eigenvalue weighted by molar-refractivity contribution is 0.0115. The second-order valence-electron chi connectivity index (χ2n) is 30.1. The van der Waals surface area contributed by atoms with E-state index in [0.717, 1.165) is 178 Å². The zero-order valence-electron chi connectivity index (χ0n) is 67.3. The molecule has 0 bridgehead atoms. The molecule has 0 atom stereocenters. The van der Waals surface area contributed by atoms with Gasteiger partial charge in [0.1, 0.15) is 40.1 Å². The van der Waals surface area contributed by atoms with E-state index in [1.54, 1.807) is 154 Å². The minimum Gasteiger partial charge on any atom is -0.397 e. The van der Waals surface area contributed by atoms with Crippen molar-refractivity contribution in [2.75, 3.05) is 18.8 Å². The molecular weight excluding hydrogens is 1630 g/mol. The molecule has 24 aromatic heterocycles. The Balaban J connectivity index is 0.000000102. The van der Waals surface area contributed by atoms with Gasteiger partial charge in [0.25, 0.3) is 5.92 Å². The minimum absolute atomic E-state index is 0.105. The second kappa shape index (κ2) is 32.8. The van der Waals surface area contributed by atoms with E-state index in [1.165, 1.54) is 6.33 Å². The van der Waals surface area contributed by atoms with Gasteiger partial charge in [0, 0.05) is 223 Å². The number of pyridine rings is 15. The van der Waals surface area contributed by atoms with Gasteiger partial charge in [0.05, 0.1) is 103 Å². The fourth-order valence-corrected chi connectivity index (χ4v) is 15.6. The molecule has 25 rings (SSSR count). The van der Waals surface area contributed by atoms with E-state index < -0.39 is 5.92 Å². The molecule has 1 aliphatic rings. The maximum atomic E-state index is 13.6. The maximum absolute atomic E-state index is 13.6. The summed E-state index contributed by atoms with van der Waals surface area (Å²) in [5.41, 5.74) is 33.6. The van der Waals surface area contributed by atoms with E-state index in [4.69, 9.17) is 25.7 Å². The summed E-state index contributed by atoms with van der Waals surface area (Å²) in [6.07, 6.45) is 47.0. The molecule has 0 unspecified atom stereocenters. The lowest BCUT2D eigenvalue weighted by Gasteiger charge is -2.15. The predicted octanol–water partition coefficient (Wildman–Crippen LogP) is 15.9. The van der Waals surface area contributed by atoms with Crippen LogP contribution in [0.2, 0.25) is 0 Å². The number of alkyl halides is 2. The molecule has 0 radical (unpaired) electrons. The fraction of sp³-hybridized carbons (Fsp3) is 0.0543. The van der Waals surface area contributed by atoms with Crippen molar-refractivity contribution in [2.45, 2.75) is 18.9 Å². The number of nitrogen functional groups attached to an aromatic ring is 1. The first-order valence-corrected chi connectivity index (χ1v) is 40.3. The summed E-state index contributed by atoms with van der Waals surface area (Å²) in [5, 5.41) is 33.0. The molecular formula is C92H63F2N35. The number of rotatable bonds is 14. The summed E-state index contributed by atoms with van der Waals surface area (Å²) in [7, 11) is 0. The number of nitrogens with two attached hydrogens (primary N) is 1. The Morgan fingerprint density at radius 1 is 0.318 bits per heavy atom. The van der Waals surface area contributed by atoms with Gasteiger partial charge in [-0.3, -0.25) is 80.1 Å². The molecule has 37 heteroatoms. The quantitative estimate of drug-likeness (QED) is 0.0488. The van der Waals surface area contributed by atoms with Crippen molar-refractivity contribution in [2.24, 2.45) is 0 Å². The molecule has 1 aliphatic heterocycles.